The summed E-state index contributed by atoms with van der Waals surface area (Å²) in [6, 6.07) is 17.8. The van der Waals surface area contributed by atoms with Gasteiger partial charge in [0.15, 0.2) is 16.5 Å². The van der Waals surface area contributed by atoms with Crippen LogP contribution in [0.4, 0.5) is 0 Å². The maximum atomic E-state index is 13.2. The predicted octanol–water partition coefficient (Wildman–Crippen LogP) is 5.42. The van der Waals surface area contributed by atoms with E-state index in [9.17, 15) is 4.79 Å². The third-order valence-corrected chi connectivity index (χ3v) is 7.19. The molecule has 166 valence electrons. The zero-order valence-corrected chi connectivity index (χ0v) is 20.8. The molecule has 0 spiro atoms. The van der Waals surface area contributed by atoms with Gasteiger partial charge in [-0.05, 0) is 82.4 Å². The fourth-order valence-corrected chi connectivity index (χ4v) is 5.32. The molecule has 0 aliphatic heterocycles. The van der Waals surface area contributed by atoms with Gasteiger partial charge in [-0.15, -0.1) is 0 Å². The highest BCUT2D eigenvalue weighted by molar-refractivity contribution is 9.10. The first-order valence-corrected chi connectivity index (χ1v) is 12.0. The first-order valence-electron chi connectivity index (χ1n) is 10.4. The number of aromatic nitrogens is 2. The van der Waals surface area contributed by atoms with Gasteiger partial charge in [0.05, 0.1) is 27.1 Å². The van der Waals surface area contributed by atoms with Crippen molar-refractivity contribution in [2.75, 3.05) is 7.11 Å². The second kappa shape index (κ2) is 8.65. The van der Waals surface area contributed by atoms with Gasteiger partial charge in [-0.25, -0.2) is 9.38 Å². The van der Waals surface area contributed by atoms with Crippen LogP contribution in [0, 0.1) is 13.8 Å². The third-order valence-electron chi connectivity index (χ3n) is 5.63. The van der Waals surface area contributed by atoms with Crippen molar-refractivity contribution >= 4 is 49.3 Å². The lowest BCUT2D eigenvalue weighted by Crippen LogP contribution is -2.22. The fourth-order valence-electron chi connectivity index (χ4n) is 3.76. The average Bonchev–Trinajstić information content (AvgIpc) is 3.29. The summed E-state index contributed by atoms with van der Waals surface area (Å²) in [6.07, 6.45) is 1.86. The van der Waals surface area contributed by atoms with E-state index in [1.54, 1.807) is 11.5 Å². The SMILES string of the molecule is COc1cc(/C=c2\sc3nc4cc(C)c(C)cc4n3c2=O)cc(Br)c1OCc1ccccc1. The lowest BCUT2D eigenvalue weighted by atomic mass is 10.1. The zero-order valence-electron chi connectivity index (χ0n) is 18.4. The summed E-state index contributed by atoms with van der Waals surface area (Å²) in [4.78, 5) is 18.6. The number of rotatable bonds is 5. The molecular weight excluding hydrogens is 500 g/mol. The summed E-state index contributed by atoms with van der Waals surface area (Å²) < 4.78 is 14.7. The minimum atomic E-state index is -0.0692. The van der Waals surface area contributed by atoms with Crippen LogP contribution in [0.5, 0.6) is 11.5 Å². The van der Waals surface area contributed by atoms with Crippen LogP contribution >= 0.6 is 27.3 Å². The van der Waals surface area contributed by atoms with Crippen LogP contribution in [0.15, 0.2) is 63.9 Å². The van der Waals surface area contributed by atoms with Crippen LogP contribution < -0.4 is 19.6 Å². The van der Waals surface area contributed by atoms with E-state index in [0.717, 1.165) is 32.2 Å². The zero-order chi connectivity index (χ0) is 23.1. The Morgan fingerprint density at radius 1 is 1.09 bits per heavy atom. The second-order valence-electron chi connectivity index (χ2n) is 7.88. The van der Waals surface area contributed by atoms with Gasteiger partial charge in [0, 0.05) is 0 Å². The molecular formula is C26H21BrN2O3S. The summed E-state index contributed by atoms with van der Waals surface area (Å²) in [5.41, 5.74) is 5.83. The van der Waals surface area contributed by atoms with Crippen LogP contribution in [0.1, 0.15) is 22.3 Å². The molecule has 0 radical (unpaired) electrons. The van der Waals surface area contributed by atoms with Crippen molar-refractivity contribution in [3.05, 3.63) is 96.2 Å². The smallest absolute Gasteiger partial charge is 0.274 e. The third kappa shape index (κ3) is 4.03. The Kier molecular flexibility index (Phi) is 5.68. The van der Waals surface area contributed by atoms with E-state index >= 15 is 0 Å². The van der Waals surface area contributed by atoms with Crippen LogP contribution in [0.2, 0.25) is 0 Å². The molecule has 5 aromatic rings. The molecule has 2 heterocycles. The van der Waals surface area contributed by atoms with Gasteiger partial charge in [0.2, 0.25) is 0 Å². The van der Waals surface area contributed by atoms with Gasteiger partial charge < -0.3 is 9.47 Å². The predicted molar refractivity (Wildman–Crippen MR) is 137 cm³/mol. The highest BCUT2D eigenvalue weighted by atomic mass is 79.9. The number of nitrogens with zero attached hydrogens (tertiary/aromatic N) is 2. The molecule has 0 aliphatic rings. The molecule has 0 amide bonds. The van der Waals surface area contributed by atoms with Gasteiger partial charge in [0.25, 0.3) is 5.56 Å². The van der Waals surface area contributed by atoms with Gasteiger partial charge in [-0.1, -0.05) is 41.7 Å². The Morgan fingerprint density at radius 2 is 1.85 bits per heavy atom. The molecule has 3 aromatic carbocycles. The number of thiazole rings is 1. The minimum absolute atomic E-state index is 0.0692. The Balaban J connectivity index is 1.55. The molecule has 0 saturated heterocycles. The molecule has 5 nitrogen and oxygen atoms in total. The second-order valence-corrected chi connectivity index (χ2v) is 9.74. The molecule has 33 heavy (non-hydrogen) atoms. The van der Waals surface area contributed by atoms with Crippen molar-refractivity contribution in [1.29, 1.82) is 0 Å². The van der Waals surface area contributed by atoms with Crippen molar-refractivity contribution in [2.45, 2.75) is 20.5 Å². The highest BCUT2D eigenvalue weighted by Crippen LogP contribution is 2.37. The molecule has 5 rings (SSSR count). The van der Waals surface area contributed by atoms with E-state index in [0.29, 0.717) is 27.6 Å². The Hall–Kier alpha value is -3.16. The molecule has 7 heteroatoms. The summed E-state index contributed by atoms with van der Waals surface area (Å²) in [6.45, 7) is 4.53. The molecule has 0 bridgehead atoms. The molecule has 0 saturated carbocycles. The molecule has 2 aromatic heterocycles. The lowest BCUT2D eigenvalue weighted by molar-refractivity contribution is 0.282. The normalized spacial score (nSPS) is 12.1. The van der Waals surface area contributed by atoms with Crippen molar-refractivity contribution in [3.8, 4) is 11.5 Å². The lowest BCUT2D eigenvalue weighted by Gasteiger charge is -2.13. The molecule has 0 unspecified atom stereocenters. The van der Waals surface area contributed by atoms with Crippen molar-refractivity contribution < 1.29 is 9.47 Å². The van der Waals surface area contributed by atoms with E-state index in [4.69, 9.17) is 9.47 Å². The van der Waals surface area contributed by atoms with E-state index in [1.165, 1.54) is 16.9 Å². The summed E-state index contributed by atoms with van der Waals surface area (Å²) in [5, 5.41) is 0. The molecule has 0 fully saturated rings. The average molecular weight is 521 g/mol. The Bertz CT molecular complexity index is 1610. The largest absolute Gasteiger partial charge is 0.493 e. The maximum absolute atomic E-state index is 13.2. The minimum Gasteiger partial charge on any atom is -0.493 e. The molecule has 0 N–H and O–H groups in total. The van der Waals surface area contributed by atoms with Crippen LogP contribution in [-0.2, 0) is 6.61 Å². The number of hydrogen-bond acceptors (Lipinski definition) is 5. The maximum Gasteiger partial charge on any atom is 0.274 e. The van der Waals surface area contributed by atoms with E-state index in [2.05, 4.69) is 27.8 Å². The van der Waals surface area contributed by atoms with Gasteiger partial charge in [-0.3, -0.25) is 4.79 Å². The van der Waals surface area contributed by atoms with Crippen LogP contribution in [0.3, 0.4) is 0 Å². The number of methoxy groups -OCH3 is 1. The first kappa shape index (κ1) is 21.7. The number of imidazole rings is 1. The topological polar surface area (TPSA) is 52.8 Å². The summed E-state index contributed by atoms with van der Waals surface area (Å²) in [7, 11) is 1.61. The van der Waals surface area contributed by atoms with Gasteiger partial charge in [-0.2, -0.15) is 0 Å². The molecule has 0 aliphatic carbocycles. The first-order chi connectivity index (χ1) is 15.9. The number of aryl methyl sites for hydroxylation is 2. The van der Waals surface area contributed by atoms with Crippen molar-refractivity contribution in [3.63, 3.8) is 0 Å². The van der Waals surface area contributed by atoms with E-state index < -0.39 is 0 Å². The quantitative estimate of drug-likeness (QED) is 0.310. The summed E-state index contributed by atoms with van der Waals surface area (Å²) in [5.74, 6) is 1.22. The number of halogens is 1. The van der Waals surface area contributed by atoms with Gasteiger partial charge in [0.1, 0.15) is 6.61 Å². The highest BCUT2D eigenvalue weighted by Gasteiger charge is 2.14. The van der Waals surface area contributed by atoms with Crippen LogP contribution in [0.25, 0.3) is 22.1 Å². The number of fused-ring (bicyclic) bond motifs is 3. The standard InChI is InChI=1S/C26H21BrN2O3S/c1-15-9-20-21(10-16(15)2)29-25(30)23(33-26(29)28-20)13-18-11-19(27)24(22(12-18)31-3)32-14-17-7-5-4-6-8-17/h4-13H,14H2,1-3H3/b23-13-. The Labute approximate surface area is 203 Å². The van der Waals surface area contributed by atoms with Crippen molar-refractivity contribution in [2.24, 2.45) is 0 Å². The Morgan fingerprint density at radius 3 is 2.61 bits per heavy atom. The van der Waals surface area contributed by atoms with Crippen molar-refractivity contribution in [1.82, 2.24) is 9.38 Å². The van der Waals surface area contributed by atoms with Crippen LogP contribution in [-0.4, -0.2) is 16.5 Å². The number of hydrogen-bond donors (Lipinski definition) is 0. The molecule has 0 atom stereocenters. The van der Waals surface area contributed by atoms with E-state index in [-0.39, 0.29) is 5.56 Å². The van der Waals surface area contributed by atoms with Gasteiger partial charge >= 0.3 is 0 Å². The summed E-state index contributed by atoms with van der Waals surface area (Å²) >= 11 is 4.99. The fraction of sp³-hybridized carbons (Fsp3) is 0.154. The number of benzene rings is 3. The van der Waals surface area contributed by atoms with E-state index in [1.807, 2.05) is 67.6 Å². The number of ether oxygens (including phenoxy) is 2. The monoisotopic (exact) mass is 520 g/mol.